The first kappa shape index (κ1) is 20.9. The average Bonchev–Trinajstić information content (AvgIpc) is 3.37. The van der Waals surface area contributed by atoms with Crippen LogP contribution in [0.2, 0.25) is 0 Å². The molecule has 2 unspecified atom stereocenters. The summed E-state index contributed by atoms with van der Waals surface area (Å²) in [4.78, 5) is 27.3. The van der Waals surface area contributed by atoms with Crippen molar-refractivity contribution in [2.45, 2.75) is 25.0 Å². The number of benzene rings is 2. The Balaban J connectivity index is 1.85. The van der Waals surface area contributed by atoms with Crippen LogP contribution >= 0.6 is 0 Å². The Labute approximate surface area is 178 Å². The molecule has 2 N–H and O–H groups in total. The minimum Gasteiger partial charge on any atom is -0.507 e. The predicted octanol–water partition coefficient (Wildman–Crippen LogP) is 3.14. The van der Waals surface area contributed by atoms with Gasteiger partial charge in [-0.1, -0.05) is 6.07 Å². The molecule has 1 amide bonds. The largest absolute Gasteiger partial charge is 0.507 e. The number of ether oxygens (including phenoxy) is 2. The quantitative estimate of drug-likeness (QED) is 0.432. The molecule has 4 rings (SSSR count). The number of rotatable bonds is 5. The number of halogens is 1. The minimum absolute atomic E-state index is 0.0964. The Morgan fingerprint density at radius 1 is 1.23 bits per heavy atom. The van der Waals surface area contributed by atoms with Crippen LogP contribution < -0.4 is 4.74 Å². The lowest BCUT2D eigenvalue weighted by molar-refractivity contribution is -0.140. The third-order valence-corrected chi connectivity index (χ3v) is 5.60. The van der Waals surface area contributed by atoms with Gasteiger partial charge in [-0.15, -0.1) is 0 Å². The number of ketones is 1. The minimum atomic E-state index is -0.913. The number of aromatic hydroxyl groups is 1. The van der Waals surface area contributed by atoms with Gasteiger partial charge in [-0.2, -0.15) is 0 Å². The van der Waals surface area contributed by atoms with Gasteiger partial charge in [0.1, 0.15) is 11.6 Å². The second-order valence-electron chi connectivity index (χ2n) is 7.52. The van der Waals surface area contributed by atoms with E-state index < -0.39 is 29.3 Å². The number of aliphatic hydroxyl groups is 1. The zero-order valence-electron chi connectivity index (χ0n) is 16.9. The van der Waals surface area contributed by atoms with Crippen molar-refractivity contribution >= 4 is 17.4 Å². The van der Waals surface area contributed by atoms with Crippen LogP contribution in [0, 0.1) is 5.82 Å². The number of phenols is 1. The van der Waals surface area contributed by atoms with Crippen LogP contribution in [-0.2, 0) is 14.3 Å². The van der Waals surface area contributed by atoms with E-state index in [4.69, 9.17) is 9.47 Å². The van der Waals surface area contributed by atoms with Crippen LogP contribution in [0.1, 0.15) is 30.0 Å². The number of carbonyl (C=O) groups excluding carboxylic acids is 2. The fourth-order valence-electron chi connectivity index (χ4n) is 4.05. The molecule has 0 radical (unpaired) electrons. The number of nitrogens with zero attached hydrogens (tertiary/aromatic N) is 1. The molecule has 8 heteroatoms. The van der Waals surface area contributed by atoms with Crippen LogP contribution in [0.5, 0.6) is 11.5 Å². The lowest BCUT2D eigenvalue weighted by Crippen LogP contribution is -2.36. The smallest absolute Gasteiger partial charge is 0.295 e. The van der Waals surface area contributed by atoms with Gasteiger partial charge in [0.25, 0.3) is 11.7 Å². The summed E-state index contributed by atoms with van der Waals surface area (Å²) >= 11 is 0. The zero-order chi connectivity index (χ0) is 22.1. The highest BCUT2D eigenvalue weighted by Gasteiger charge is 2.47. The van der Waals surface area contributed by atoms with Crippen molar-refractivity contribution in [2.24, 2.45) is 0 Å². The first-order valence-corrected chi connectivity index (χ1v) is 9.93. The summed E-state index contributed by atoms with van der Waals surface area (Å²) in [7, 11) is 1.39. The fraction of sp³-hybridized carbons (Fsp3) is 0.304. The van der Waals surface area contributed by atoms with Crippen molar-refractivity contribution in [3.05, 3.63) is 65.0 Å². The average molecular weight is 427 g/mol. The van der Waals surface area contributed by atoms with Gasteiger partial charge in [0, 0.05) is 18.7 Å². The molecular formula is C23H22FNO6. The summed E-state index contributed by atoms with van der Waals surface area (Å²) < 4.78 is 24.2. The van der Waals surface area contributed by atoms with Crippen LogP contribution in [0.25, 0.3) is 5.76 Å². The Morgan fingerprint density at radius 3 is 2.61 bits per heavy atom. The van der Waals surface area contributed by atoms with Crippen molar-refractivity contribution < 1.29 is 33.7 Å². The van der Waals surface area contributed by atoms with Gasteiger partial charge in [0.05, 0.1) is 24.8 Å². The molecule has 2 fully saturated rings. The zero-order valence-corrected chi connectivity index (χ0v) is 16.9. The second-order valence-corrected chi connectivity index (χ2v) is 7.52. The third-order valence-electron chi connectivity index (χ3n) is 5.60. The molecule has 0 aromatic heterocycles. The maximum atomic E-state index is 13.3. The Bertz CT molecular complexity index is 1040. The Hall–Kier alpha value is -3.39. The lowest BCUT2D eigenvalue weighted by atomic mass is 9.95. The molecule has 2 aliphatic rings. The number of likely N-dealkylation sites (tertiary alicyclic amines) is 1. The topological polar surface area (TPSA) is 96.3 Å². The van der Waals surface area contributed by atoms with Gasteiger partial charge in [0.15, 0.2) is 11.5 Å². The Morgan fingerprint density at radius 2 is 1.97 bits per heavy atom. The van der Waals surface area contributed by atoms with E-state index in [1.54, 1.807) is 6.07 Å². The highest BCUT2D eigenvalue weighted by Crippen LogP contribution is 2.42. The molecule has 2 saturated heterocycles. The summed E-state index contributed by atoms with van der Waals surface area (Å²) in [6.07, 6.45) is 1.40. The number of amides is 1. The van der Waals surface area contributed by atoms with E-state index >= 15 is 0 Å². The van der Waals surface area contributed by atoms with Crippen molar-refractivity contribution in [3.8, 4) is 11.5 Å². The van der Waals surface area contributed by atoms with E-state index in [0.29, 0.717) is 12.2 Å². The predicted molar refractivity (Wildman–Crippen MR) is 109 cm³/mol. The molecule has 0 spiro atoms. The molecule has 2 atom stereocenters. The molecule has 2 heterocycles. The van der Waals surface area contributed by atoms with Crippen molar-refractivity contribution in [1.29, 1.82) is 0 Å². The molecule has 2 aliphatic heterocycles. The van der Waals surface area contributed by atoms with Crippen molar-refractivity contribution in [3.63, 3.8) is 0 Å². The van der Waals surface area contributed by atoms with Gasteiger partial charge in [0.2, 0.25) is 0 Å². The van der Waals surface area contributed by atoms with Gasteiger partial charge in [-0.25, -0.2) is 4.39 Å². The van der Waals surface area contributed by atoms with Gasteiger partial charge < -0.3 is 24.6 Å². The van der Waals surface area contributed by atoms with E-state index in [1.165, 1.54) is 36.3 Å². The lowest BCUT2D eigenvalue weighted by Gasteiger charge is -2.27. The fourth-order valence-corrected chi connectivity index (χ4v) is 4.05. The molecule has 2 aromatic carbocycles. The first-order valence-electron chi connectivity index (χ1n) is 9.93. The van der Waals surface area contributed by atoms with Gasteiger partial charge in [-0.3, -0.25) is 9.59 Å². The normalized spacial score (nSPS) is 22.8. The molecule has 162 valence electrons. The summed E-state index contributed by atoms with van der Waals surface area (Å²) in [5.74, 6) is -2.41. The Kier molecular flexibility index (Phi) is 5.65. The molecule has 0 bridgehead atoms. The highest BCUT2D eigenvalue weighted by atomic mass is 19.1. The van der Waals surface area contributed by atoms with Crippen LogP contribution in [0.3, 0.4) is 0 Å². The molecular weight excluding hydrogens is 405 g/mol. The van der Waals surface area contributed by atoms with Crippen molar-refractivity contribution in [1.82, 2.24) is 4.90 Å². The number of methoxy groups -OCH3 is 1. The monoisotopic (exact) mass is 427 g/mol. The third kappa shape index (κ3) is 3.86. The molecule has 7 nitrogen and oxygen atoms in total. The number of hydrogen-bond acceptors (Lipinski definition) is 6. The van der Waals surface area contributed by atoms with Crippen LogP contribution in [0.4, 0.5) is 4.39 Å². The summed E-state index contributed by atoms with van der Waals surface area (Å²) in [6, 6.07) is 8.58. The SMILES string of the molecule is COc1cc(C2/C(=C(/O)c3ccc(F)cc3)C(=O)C(=O)N2CC2CCCO2)ccc1O. The van der Waals surface area contributed by atoms with Crippen LogP contribution in [-0.4, -0.2) is 53.2 Å². The maximum Gasteiger partial charge on any atom is 0.295 e. The van der Waals surface area contributed by atoms with E-state index in [9.17, 15) is 24.2 Å². The molecule has 0 aliphatic carbocycles. The highest BCUT2D eigenvalue weighted by molar-refractivity contribution is 6.46. The van der Waals surface area contributed by atoms with Crippen molar-refractivity contribution in [2.75, 3.05) is 20.3 Å². The van der Waals surface area contributed by atoms with E-state index in [1.807, 2.05) is 0 Å². The van der Waals surface area contributed by atoms with E-state index in [2.05, 4.69) is 0 Å². The van der Waals surface area contributed by atoms with Gasteiger partial charge >= 0.3 is 0 Å². The number of phenolic OH excluding ortho intramolecular Hbond substituents is 1. The summed E-state index contributed by atoms with van der Waals surface area (Å²) in [5, 5.41) is 20.9. The number of Topliss-reactive ketones (excluding diaryl/α,β-unsaturated/α-hetero) is 1. The number of hydrogen-bond donors (Lipinski definition) is 2. The number of carbonyl (C=O) groups is 2. The second kappa shape index (κ2) is 8.39. The molecule has 2 aromatic rings. The molecule has 0 saturated carbocycles. The number of aliphatic hydroxyl groups excluding tert-OH is 1. The molecule has 31 heavy (non-hydrogen) atoms. The summed E-state index contributed by atoms with van der Waals surface area (Å²) in [5.41, 5.74) is 0.588. The van der Waals surface area contributed by atoms with E-state index in [-0.39, 0.29) is 35.3 Å². The maximum absolute atomic E-state index is 13.3. The summed E-state index contributed by atoms with van der Waals surface area (Å²) in [6.45, 7) is 0.764. The first-order chi connectivity index (χ1) is 14.9. The van der Waals surface area contributed by atoms with Gasteiger partial charge in [-0.05, 0) is 54.8 Å². The standard InChI is InChI=1S/C23H22FNO6/c1-30-18-11-14(6-9-17(18)26)20-19(21(27)13-4-7-15(24)8-5-13)22(28)23(29)25(20)12-16-3-2-10-31-16/h4-9,11,16,20,26-27H,2-3,10,12H2,1H3/b21-19-. The van der Waals surface area contributed by atoms with E-state index in [0.717, 1.165) is 25.0 Å². The van der Waals surface area contributed by atoms with Crippen LogP contribution in [0.15, 0.2) is 48.0 Å².